The van der Waals surface area contributed by atoms with Crippen molar-refractivity contribution in [1.29, 1.82) is 0 Å². The topological polar surface area (TPSA) is 6.02 Å². The van der Waals surface area contributed by atoms with Crippen LogP contribution in [0.15, 0.2) is 97.1 Å². The van der Waals surface area contributed by atoms with Crippen molar-refractivity contribution in [1.82, 2.24) is 0 Å². The van der Waals surface area contributed by atoms with E-state index in [2.05, 4.69) is 119 Å². The van der Waals surface area contributed by atoms with Gasteiger partial charge >= 0.3 is 5.66 Å². The molecule has 0 saturated carbocycles. The van der Waals surface area contributed by atoms with Gasteiger partial charge in [0, 0.05) is 12.1 Å². The van der Waals surface area contributed by atoms with Crippen LogP contribution in [0, 0.1) is 0 Å². The molecular formula is C29H18N2+2. The summed E-state index contributed by atoms with van der Waals surface area (Å²) in [5.74, 6) is 0. The van der Waals surface area contributed by atoms with E-state index in [4.69, 9.17) is 0 Å². The summed E-state index contributed by atoms with van der Waals surface area (Å²) in [6.07, 6.45) is 4.69. The Morgan fingerprint density at radius 2 is 0.839 bits per heavy atom. The highest BCUT2D eigenvalue weighted by molar-refractivity contribution is 5.98. The lowest BCUT2D eigenvalue weighted by Crippen LogP contribution is -2.37. The van der Waals surface area contributed by atoms with Crippen molar-refractivity contribution in [2.24, 2.45) is 0 Å². The van der Waals surface area contributed by atoms with Crippen LogP contribution < -0.4 is 0 Å². The first-order valence-corrected chi connectivity index (χ1v) is 10.8. The fourth-order valence-corrected chi connectivity index (χ4v) is 5.94. The summed E-state index contributed by atoms with van der Waals surface area (Å²) in [5, 5.41) is 5.15. The van der Waals surface area contributed by atoms with E-state index in [1.807, 2.05) is 0 Å². The molecule has 0 aromatic heterocycles. The van der Waals surface area contributed by atoms with Crippen molar-refractivity contribution in [3.8, 4) is 0 Å². The van der Waals surface area contributed by atoms with Crippen LogP contribution in [0.4, 0.5) is 11.4 Å². The molecule has 0 N–H and O–H groups in total. The Hall–Kier alpha value is -4.04. The lowest BCUT2D eigenvalue weighted by molar-refractivity contribution is -0.722. The third-order valence-corrected chi connectivity index (χ3v) is 7.22. The zero-order valence-corrected chi connectivity index (χ0v) is 16.8. The van der Waals surface area contributed by atoms with E-state index in [9.17, 15) is 0 Å². The number of fused-ring (bicyclic) bond motifs is 7. The maximum Gasteiger partial charge on any atom is 0.417 e. The second-order valence-corrected chi connectivity index (χ2v) is 8.73. The number of rotatable bonds is 0. The fourth-order valence-electron chi connectivity index (χ4n) is 5.94. The smallest absolute Gasteiger partial charge is 0.119 e. The Bertz CT molecular complexity index is 1560. The quantitative estimate of drug-likeness (QED) is 0.282. The molecule has 0 unspecified atom stereocenters. The molecule has 0 aliphatic carbocycles. The Morgan fingerprint density at radius 1 is 0.452 bits per heavy atom. The summed E-state index contributed by atoms with van der Waals surface area (Å²) in [6, 6.07) is 35.6. The van der Waals surface area contributed by atoms with Crippen LogP contribution in [0.1, 0.15) is 22.3 Å². The first-order valence-electron chi connectivity index (χ1n) is 10.8. The van der Waals surface area contributed by atoms with Crippen molar-refractivity contribution >= 4 is 45.3 Å². The molecule has 3 heterocycles. The molecule has 0 bridgehead atoms. The van der Waals surface area contributed by atoms with Crippen LogP contribution in [0.5, 0.6) is 0 Å². The Kier molecular flexibility index (Phi) is 2.62. The third-order valence-electron chi connectivity index (χ3n) is 7.22. The molecular weight excluding hydrogens is 376 g/mol. The highest BCUT2D eigenvalue weighted by Gasteiger charge is 2.70. The SMILES string of the molecule is C1=[N+]2c3ccccc3[N+]3=Cc4cc5ccccc5cc4C23c2cc3ccccc3cc21. The molecule has 0 fully saturated rings. The fraction of sp³-hybridized carbons (Fsp3) is 0.0345. The minimum atomic E-state index is -0.359. The molecule has 1 spiro atoms. The predicted octanol–water partition coefficient (Wildman–Crippen LogP) is 6.06. The van der Waals surface area contributed by atoms with Gasteiger partial charge < -0.3 is 0 Å². The molecule has 0 amide bonds. The number of benzene rings is 5. The van der Waals surface area contributed by atoms with Crippen molar-refractivity contribution in [2.75, 3.05) is 0 Å². The maximum absolute atomic E-state index is 2.49. The van der Waals surface area contributed by atoms with Gasteiger partial charge in [-0.05, 0) is 45.8 Å². The molecule has 5 aromatic carbocycles. The summed E-state index contributed by atoms with van der Waals surface area (Å²) in [6.45, 7) is 0. The first-order chi connectivity index (χ1) is 15.3. The first kappa shape index (κ1) is 15.8. The summed E-state index contributed by atoms with van der Waals surface area (Å²) < 4.78 is 4.98. The van der Waals surface area contributed by atoms with Gasteiger partial charge in [0.15, 0.2) is 12.4 Å². The van der Waals surface area contributed by atoms with Gasteiger partial charge in [-0.2, -0.15) is 0 Å². The summed E-state index contributed by atoms with van der Waals surface area (Å²) in [5.41, 5.74) is 7.47. The van der Waals surface area contributed by atoms with Crippen LogP contribution >= 0.6 is 0 Å². The highest BCUT2D eigenvalue weighted by atomic mass is 15.4. The van der Waals surface area contributed by atoms with Gasteiger partial charge in [0.1, 0.15) is 11.1 Å². The van der Waals surface area contributed by atoms with Gasteiger partial charge in [-0.25, -0.2) is 0 Å². The minimum absolute atomic E-state index is 0.359. The Labute approximate surface area is 179 Å². The van der Waals surface area contributed by atoms with E-state index in [1.54, 1.807) is 0 Å². The maximum atomic E-state index is 2.49. The monoisotopic (exact) mass is 394 g/mol. The van der Waals surface area contributed by atoms with Crippen LogP contribution in [0.25, 0.3) is 21.5 Å². The summed E-state index contributed by atoms with van der Waals surface area (Å²) in [7, 11) is 0. The number of hydrogen-bond acceptors (Lipinski definition) is 0. The van der Waals surface area contributed by atoms with Crippen LogP contribution in [-0.2, 0) is 5.66 Å². The highest BCUT2D eigenvalue weighted by Crippen LogP contribution is 2.57. The van der Waals surface area contributed by atoms with E-state index in [1.165, 1.54) is 55.2 Å². The molecule has 0 atom stereocenters. The molecule has 2 heteroatoms. The lowest BCUT2D eigenvalue weighted by atomic mass is 9.87. The number of hydrogen-bond donors (Lipinski definition) is 0. The van der Waals surface area contributed by atoms with Gasteiger partial charge in [0.25, 0.3) is 11.4 Å². The molecule has 5 aromatic rings. The Balaban J connectivity index is 1.56. The van der Waals surface area contributed by atoms with Crippen molar-refractivity contribution in [3.05, 3.63) is 119 Å². The van der Waals surface area contributed by atoms with E-state index in [0.29, 0.717) is 0 Å². The van der Waals surface area contributed by atoms with Crippen molar-refractivity contribution in [3.63, 3.8) is 0 Å². The molecule has 2 nitrogen and oxygen atoms in total. The normalized spacial score (nSPS) is 16.4. The number of nitrogens with zero attached hydrogens (tertiary/aromatic N) is 2. The minimum Gasteiger partial charge on any atom is -0.119 e. The molecule has 0 radical (unpaired) electrons. The third kappa shape index (κ3) is 1.72. The van der Waals surface area contributed by atoms with Crippen LogP contribution in [-0.4, -0.2) is 21.6 Å². The van der Waals surface area contributed by atoms with E-state index < -0.39 is 0 Å². The second kappa shape index (κ2) is 5.16. The largest absolute Gasteiger partial charge is 0.417 e. The molecule has 0 saturated heterocycles. The number of para-hydroxylation sites is 2. The standard InChI is InChI=1S/C29H18N2/c1-3-9-21-15-25-23(13-19(21)7-1)17-30-27-11-5-6-12-28(27)31-18-24-14-20-8-2-4-10-22(20)16-26(24)29(25,30)31/h1-18H/q+2. The van der Waals surface area contributed by atoms with E-state index >= 15 is 0 Å². The molecule has 3 aliphatic heterocycles. The molecule has 31 heavy (non-hydrogen) atoms. The summed E-state index contributed by atoms with van der Waals surface area (Å²) in [4.78, 5) is 0. The molecule has 8 rings (SSSR count). The van der Waals surface area contributed by atoms with Gasteiger partial charge in [0.05, 0.1) is 11.1 Å². The van der Waals surface area contributed by atoms with Gasteiger partial charge in [-0.3, -0.25) is 0 Å². The average molecular weight is 394 g/mol. The summed E-state index contributed by atoms with van der Waals surface area (Å²) >= 11 is 0. The van der Waals surface area contributed by atoms with Crippen molar-refractivity contribution in [2.45, 2.75) is 5.66 Å². The molecule has 142 valence electrons. The zero-order chi connectivity index (χ0) is 20.2. The zero-order valence-electron chi connectivity index (χ0n) is 16.8. The average Bonchev–Trinajstić information content (AvgIpc) is 3.40. The predicted molar refractivity (Wildman–Crippen MR) is 125 cm³/mol. The van der Waals surface area contributed by atoms with E-state index in [0.717, 1.165) is 0 Å². The Morgan fingerprint density at radius 3 is 1.29 bits per heavy atom. The second-order valence-electron chi connectivity index (χ2n) is 8.73. The van der Waals surface area contributed by atoms with Gasteiger partial charge in [-0.1, -0.05) is 60.7 Å². The van der Waals surface area contributed by atoms with Crippen LogP contribution in [0.2, 0.25) is 0 Å². The van der Waals surface area contributed by atoms with Crippen LogP contribution in [0.3, 0.4) is 0 Å². The van der Waals surface area contributed by atoms with Crippen molar-refractivity contribution < 1.29 is 9.15 Å². The molecule has 3 aliphatic rings. The van der Waals surface area contributed by atoms with Gasteiger partial charge in [-0.15, -0.1) is 9.15 Å². The lowest BCUT2D eigenvalue weighted by Gasteiger charge is -2.16. The van der Waals surface area contributed by atoms with Gasteiger partial charge in [0.2, 0.25) is 0 Å². The van der Waals surface area contributed by atoms with E-state index in [-0.39, 0.29) is 5.66 Å².